The van der Waals surface area contributed by atoms with Crippen molar-refractivity contribution in [3.8, 4) is 11.5 Å². The van der Waals surface area contributed by atoms with Crippen LogP contribution in [0, 0.1) is 0 Å². The number of hydrogen-bond donors (Lipinski definition) is 1. The van der Waals surface area contributed by atoms with Crippen LogP contribution >= 0.6 is 24.2 Å². The molecule has 1 nitrogen and oxygen atoms in total. The van der Waals surface area contributed by atoms with Gasteiger partial charge in [0.1, 0.15) is 11.5 Å². The van der Waals surface area contributed by atoms with Crippen molar-refractivity contribution in [2.45, 2.75) is 4.90 Å². The Morgan fingerprint density at radius 1 is 0.812 bits per heavy atom. The molecular formula is C12H10ClNaOS. The van der Waals surface area contributed by atoms with Gasteiger partial charge in [0.2, 0.25) is 0 Å². The molecule has 78 valence electrons. The Morgan fingerprint density at radius 2 is 1.25 bits per heavy atom. The quantitative estimate of drug-likeness (QED) is 0.639. The fourth-order valence-electron chi connectivity index (χ4n) is 1.15. The van der Waals surface area contributed by atoms with Crippen LogP contribution in [-0.2, 0) is 0 Å². The van der Waals surface area contributed by atoms with Gasteiger partial charge < -0.3 is 4.74 Å². The van der Waals surface area contributed by atoms with Crippen molar-refractivity contribution in [2.24, 2.45) is 0 Å². The summed E-state index contributed by atoms with van der Waals surface area (Å²) >= 11 is 9.97. The second-order valence-electron chi connectivity index (χ2n) is 3.05. The van der Waals surface area contributed by atoms with Crippen molar-refractivity contribution < 1.29 is 4.74 Å². The standard InChI is InChI=1S/C12H9ClOS.Na.H/c13-9-1-3-10(4-2-9)14-11-5-7-12(15)8-6-11;;/h1-8,15H;;. The molecule has 16 heavy (non-hydrogen) atoms. The van der Waals surface area contributed by atoms with Crippen molar-refractivity contribution in [1.29, 1.82) is 0 Å². The molecule has 4 heteroatoms. The molecule has 0 aliphatic heterocycles. The fraction of sp³-hybridized carbons (Fsp3) is 0. The molecule has 0 aliphatic rings. The molecule has 0 unspecified atom stereocenters. The summed E-state index contributed by atoms with van der Waals surface area (Å²) in [6, 6.07) is 14.8. The average molecular weight is 261 g/mol. The molecule has 0 heterocycles. The van der Waals surface area contributed by atoms with Crippen LogP contribution in [0.2, 0.25) is 5.02 Å². The topological polar surface area (TPSA) is 9.23 Å². The van der Waals surface area contributed by atoms with E-state index >= 15 is 0 Å². The summed E-state index contributed by atoms with van der Waals surface area (Å²) < 4.78 is 5.60. The Kier molecular flexibility index (Phi) is 5.73. The van der Waals surface area contributed by atoms with Gasteiger partial charge in [0, 0.05) is 9.92 Å². The van der Waals surface area contributed by atoms with E-state index in [-0.39, 0.29) is 29.6 Å². The zero-order chi connectivity index (χ0) is 10.7. The Hall–Kier alpha value is -0.120. The van der Waals surface area contributed by atoms with Gasteiger partial charge in [-0.2, -0.15) is 0 Å². The van der Waals surface area contributed by atoms with Crippen LogP contribution in [0.3, 0.4) is 0 Å². The number of halogens is 1. The number of hydrogen-bond acceptors (Lipinski definition) is 2. The molecule has 2 aromatic rings. The van der Waals surface area contributed by atoms with Crippen molar-refractivity contribution in [1.82, 2.24) is 0 Å². The first-order valence-electron chi connectivity index (χ1n) is 4.46. The van der Waals surface area contributed by atoms with E-state index in [2.05, 4.69) is 12.6 Å². The molecule has 0 saturated carbocycles. The van der Waals surface area contributed by atoms with E-state index in [1.807, 2.05) is 36.4 Å². The van der Waals surface area contributed by atoms with Gasteiger partial charge in [-0.15, -0.1) is 12.6 Å². The van der Waals surface area contributed by atoms with E-state index in [1.54, 1.807) is 12.1 Å². The molecule has 0 aliphatic carbocycles. The van der Waals surface area contributed by atoms with Gasteiger partial charge in [0.25, 0.3) is 0 Å². The van der Waals surface area contributed by atoms with Crippen LogP contribution in [0.1, 0.15) is 0 Å². The fourth-order valence-corrected chi connectivity index (χ4v) is 1.43. The monoisotopic (exact) mass is 260 g/mol. The maximum atomic E-state index is 5.77. The third-order valence-electron chi connectivity index (χ3n) is 1.89. The molecule has 0 saturated heterocycles. The van der Waals surface area contributed by atoms with Crippen LogP contribution in [-0.4, -0.2) is 29.6 Å². The Labute approximate surface area is 127 Å². The second kappa shape index (κ2) is 6.58. The molecule has 2 rings (SSSR count). The minimum atomic E-state index is 0. The first-order valence-corrected chi connectivity index (χ1v) is 5.29. The van der Waals surface area contributed by atoms with E-state index in [4.69, 9.17) is 16.3 Å². The molecule has 0 fully saturated rings. The molecule has 2 aromatic carbocycles. The summed E-state index contributed by atoms with van der Waals surface area (Å²) in [7, 11) is 0. The number of rotatable bonds is 2. The SMILES string of the molecule is Sc1ccc(Oc2ccc(Cl)cc2)cc1.[NaH]. The van der Waals surface area contributed by atoms with Crippen LogP contribution < -0.4 is 4.74 Å². The molecule has 0 bridgehead atoms. The minimum absolute atomic E-state index is 0. The molecule has 0 radical (unpaired) electrons. The first kappa shape index (κ1) is 13.9. The predicted octanol–water partition coefficient (Wildman–Crippen LogP) is 3.77. The van der Waals surface area contributed by atoms with E-state index in [9.17, 15) is 0 Å². The number of ether oxygens (including phenoxy) is 1. The van der Waals surface area contributed by atoms with E-state index in [0.29, 0.717) is 5.02 Å². The van der Waals surface area contributed by atoms with Gasteiger partial charge in [-0.1, -0.05) is 11.6 Å². The molecule has 0 N–H and O–H groups in total. The van der Waals surface area contributed by atoms with Gasteiger partial charge in [-0.3, -0.25) is 0 Å². The van der Waals surface area contributed by atoms with Crippen LogP contribution in [0.4, 0.5) is 0 Å². The van der Waals surface area contributed by atoms with Gasteiger partial charge in [-0.25, -0.2) is 0 Å². The van der Waals surface area contributed by atoms with Crippen molar-refractivity contribution >= 4 is 53.8 Å². The summed E-state index contributed by atoms with van der Waals surface area (Å²) in [6.45, 7) is 0. The molecular weight excluding hydrogens is 251 g/mol. The van der Waals surface area contributed by atoms with Crippen LogP contribution in [0.5, 0.6) is 11.5 Å². The third-order valence-corrected chi connectivity index (χ3v) is 2.44. The first-order chi connectivity index (χ1) is 7.24. The normalized spacial score (nSPS) is 9.38. The average Bonchev–Trinajstić information content (AvgIpc) is 2.25. The van der Waals surface area contributed by atoms with Gasteiger partial charge >= 0.3 is 29.6 Å². The predicted molar refractivity (Wildman–Crippen MR) is 72.4 cm³/mol. The van der Waals surface area contributed by atoms with Gasteiger partial charge in [-0.05, 0) is 48.5 Å². The summed E-state index contributed by atoms with van der Waals surface area (Å²) in [4.78, 5) is 0.915. The summed E-state index contributed by atoms with van der Waals surface area (Å²) in [5.74, 6) is 1.56. The maximum absolute atomic E-state index is 5.77. The van der Waals surface area contributed by atoms with Crippen molar-refractivity contribution in [2.75, 3.05) is 0 Å². The second-order valence-corrected chi connectivity index (χ2v) is 4.00. The zero-order valence-electron chi connectivity index (χ0n) is 7.85. The van der Waals surface area contributed by atoms with Crippen LogP contribution in [0.25, 0.3) is 0 Å². The number of benzene rings is 2. The summed E-state index contributed by atoms with van der Waals surface area (Å²) in [5, 5.41) is 0.702. The summed E-state index contributed by atoms with van der Waals surface area (Å²) in [5.41, 5.74) is 0. The molecule has 0 atom stereocenters. The molecule has 0 spiro atoms. The Balaban J connectivity index is 0.00000128. The van der Waals surface area contributed by atoms with E-state index < -0.39 is 0 Å². The van der Waals surface area contributed by atoms with E-state index in [0.717, 1.165) is 16.4 Å². The van der Waals surface area contributed by atoms with E-state index in [1.165, 1.54) is 0 Å². The van der Waals surface area contributed by atoms with Gasteiger partial charge in [0.05, 0.1) is 0 Å². The number of thiol groups is 1. The van der Waals surface area contributed by atoms with Crippen molar-refractivity contribution in [3.63, 3.8) is 0 Å². The van der Waals surface area contributed by atoms with Crippen LogP contribution in [0.15, 0.2) is 53.4 Å². The van der Waals surface area contributed by atoms with Gasteiger partial charge in [0.15, 0.2) is 0 Å². The Morgan fingerprint density at radius 3 is 1.75 bits per heavy atom. The van der Waals surface area contributed by atoms with Crippen molar-refractivity contribution in [3.05, 3.63) is 53.6 Å². The third kappa shape index (κ3) is 4.04. The Bertz CT molecular complexity index is 398. The zero-order valence-corrected chi connectivity index (χ0v) is 9.50. The molecule has 0 amide bonds. The summed E-state index contributed by atoms with van der Waals surface area (Å²) in [6.07, 6.45) is 0. The molecule has 0 aromatic heterocycles.